The molecule has 1 rings (SSSR count). The van der Waals surface area contributed by atoms with E-state index in [4.69, 9.17) is 0 Å². The van der Waals surface area contributed by atoms with E-state index in [2.05, 4.69) is 16.8 Å². The van der Waals surface area contributed by atoms with Crippen molar-refractivity contribution < 1.29 is 0 Å². The van der Waals surface area contributed by atoms with Crippen molar-refractivity contribution in [2.75, 3.05) is 26.7 Å². The zero-order chi connectivity index (χ0) is 8.81. The topological polar surface area (TPSA) is 15.3 Å². The molecule has 0 aliphatic carbocycles. The van der Waals surface area contributed by atoms with Crippen LogP contribution >= 0.6 is 0 Å². The second-order valence-electron chi connectivity index (χ2n) is 3.51. The Morgan fingerprint density at radius 2 is 2.00 bits per heavy atom. The molecule has 0 radical (unpaired) electrons. The Morgan fingerprint density at radius 1 is 1.33 bits per heavy atom. The molecule has 1 heterocycles. The van der Waals surface area contributed by atoms with Gasteiger partial charge >= 0.3 is 0 Å². The van der Waals surface area contributed by atoms with E-state index in [1.54, 1.807) is 0 Å². The summed E-state index contributed by atoms with van der Waals surface area (Å²) in [6.45, 7) is 7.68. The van der Waals surface area contributed by atoms with Crippen molar-refractivity contribution in [3.63, 3.8) is 0 Å². The van der Waals surface area contributed by atoms with Gasteiger partial charge in [-0.3, -0.25) is 0 Å². The highest BCUT2D eigenvalue weighted by atomic mass is 15.1. The van der Waals surface area contributed by atoms with E-state index >= 15 is 0 Å². The average Bonchev–Trinajstić information content (AvgIpc) is 2.16. The maximum absolute atomic E-state index is 3.92. The summed E-state index contributed by atoms with van der Waals surface area (Å²) >= 11 is 0. The minimum absolute atomic E-state index is 1.09. The van der Waals surface area contributed by atoms with Crippen molar-refractivity contribution in [1.82, 2.24) is 10.2 Å². The molecular formula is C10H20N2. The van der Waals surface area contributed by atoms with E-state index in [1.165, 1.54) is 38.9 Å². The Kier molecular flexibility index (Phi) is 4.15. The van der Waals surface area contributed by atoms with Crippen LogP contribution in [0.4, 0.5) is 0 Å². The number of hydrogen-bond acceptors (Lipinski definition) is 2. The zero-order valence-electron chi connectivity index (χ0n) is 8.10. The highest BCUT2D eigenvalue weighted by Gasteiger charge is 2.08. The monoisotopic (exact) mass is 168 g/mol. The van der Waals surface area contributed by atoms with Crippen LogP contribution in [0.25, 0.3) is 0 Å². The molecule has 0 aromatic carbocycles. The standard InChI is InChI=1S/C10H20N2/c1-10(11-2)6-9-12-7-4-3-5-8-12/h11H,1,3-9H2,2H3. The predicted molar refractivity (Wildman–Crippen MR) is 53.1 cm³/mol. The van der Waals surface area contributed by atoms with Crippen LogP contribution in [0.5, 0.6) is 0 Å². The van der Waals surface area contributed by atoms with Crippen molar-refractivity contribution in [1.29, 1.82) is 0 Å². The first kappa shape index (κ1) is 9.59. The van der Waals surface area contributed by atoms with Crippen LogP contribution in [0.2, 0.25) is 0 Å². The van der Waals surface area contributed by atoms with Crippen molar-refractivity contribution >= 4 is 0 Å². The summed E-state index contributed by atoms with van der Waals surface area (Å²) in [6, 6.07) is 0. The first-order valence-corrected chi connectivity index (χ1v) is 4.91. The van der Waals surface area contributed by atoms with Crippen molar-refractivity contribution in [3.05, 3.63) is 12.3 Å². The molecule has 2 heteroatoms. The minimum atomic E-state index is 1.09. The molecule has 1 saturated heterocycles. The Morgan fingerprint density at radius 3 is 2.58 bits per heavy atom. The van der Waals surface area contributed by atoms with Crippen LogP contribution in [0.1, 0.15) is 25.7 Å². The van der Waals surface area contributed by atoms with Gasteiger partial charge in [-0.25, -0.2) is 0 Å². The third-order valence-electron chi connectivity index (χ3n) is 2.53. The lowest BCUT2D eigenvalue weighted by Crippen LogP contribution is -2.31. The SMILES string of the molecule is C=C(CCN1CCCCC1)NC. The fourth-order valence-electron chi connectivity index (χ4n) is 1.60. The molecule has 1 N–H and O–H groups in total. The molecular weight excluding hydrogens is 148 g/mol. The van der Waals surface area contributed by atoms with Gasteiger partial charge in [-0.05, 0) is 32.4 Å². The van der Waals surface area contributed by atoms with Gasteiger partial charge in [0.1, 0.15) is 0 Å². The van der Waals surface area contributed by atoms with E-state index in [1.807, 2.05) is 7.05 Å². The van der Waals surface area contributed by atoms with Crippen molar-refractivity contribution in [2.45, 2.75) is 25.7 Å². The number of piperidine rings is 1. The lowest BCUT2D eigenvalue weighted by atomic mass is 10.1. The molecule has 12 heavy (non-hydrogen) atoms. The molecule has 0 saturated carbocycles. The van der Waals surface area contributed by atoms with Crippen LogP contribution in [0.3, 0.4) is 0 Å². The normalized spacial score (nSPS) is 19.1. The third-order valence-corrected chi connectivity index (χ3v) is 2.53. The number of hydrogen-bond donors (Lipinski definition) is 1. The van der Waals surface area contributed by atoms with E-state index in [0.29, 0.717) is 0 Å². The van der Waals surface area contributed by atoms with Gasteiger partial charge in [0, 0.05) is 19.3 Å². The summed E-state index contributed by atoms with van der Waals surface area (Å²) in [5, 5.41) is 3.08. The number of likely N-dealkylation sites (tertiary alicyclic amines) is 1. The molecule has 0 amide bonds. The quantitative estimate of drug-likeness (QED) is 0.686. The van der Waals surface area contributed by atoms with E-state index < -0.39 is 0 Å². The number of nitrogens with one attached hydrogen (secondary N) is 1. The molecule has 0 spiro atoms. The summed E-state index contributed by atoms with van der Waals surface area (Å²) in [4.78, 5) is 2.53. The highest BCUT2D eigenvalue weighted by molar-refractivity contribution is 4.90. The van der Waals surface area contributed by atoms with Crippen molar-refractivity contribution in [2.24, 2.45) is 0 Å². The number of rotatable bonds is 4. The smallest absolute Gasteiger partial charge is 0.00439 e. The minimum Gasteiger partial charge on any atom is -0.392 e. The maximum atomic E-state index is 3.92. The Bertz CT molecular complexity index is 137. The highest BCUT2D eigenvalue weighted by Crippen LogP contribution is 2.09. The molecule has 1 aliphatic heterocycles. The summed E-state index contributed by atoms with van der Waals surface area (Å²) in [6.07, 6.45) is 5.28. The summed E-state index contributed by atoms with van der Waals surface area (Å²) < 4.78 is 0. The summed E-state index contributed by atoms with van der Waals surface area (Å²) in [5.41, 5.74) is 1.15. The Labute approximate surface area is 75.6 Å². The molecule has 0 aromatic heterocycles. The second-order valence-corrected chi connectivity index (χ2v) is 3.51. The maximum Gasteiger partial charge on any atom is 0.00439 e. The molecule has 1 fully saturated rings. The van der Waals surface area contributed by atoms with E-state index in [-0.39, 0.29) is 0 Å². The molecule has 2 nitrogen and oxygen atoms in total. The zero-order valence-corrected chi connectivity index (χ0v) is 8.10. The van der Waals surface area contributed by atoms with Gasteiger partial charge in [-0.1, -0.05) is 13.0 Å². The summed E-state index contributed by atoms with van der Waals surface area (Å²) in [5.74, 6) is 0. The average molecular weight is 168 g/mol. The van der Waals surface area contributed by atoms with Crippen LogP contribution < -0.4 is 5.32 Å². The molecule has 1 aliphatic rings. The Balaban J connectivity index is 2.09. The van der Waals surface area contributed by atoms with E-state index in [0.717, 1.165) is 12.1 Å². The first-order valence-electron chi connectivity index (χ1n) is 4.91. The second kappa shape index (κ2) is 5.20. The summed E-state index contributed by atoms with van der Waals surface area (Å²) in [7, 11) is 1.94. The van der Waals surface area contributed by atoms with Crippen LogP contribution in [0.15, 0.2) is 12.3 Å². The third kappa shape index (κ3) is 3.26. The molecule has 0 unspecified atom stereocenters. The largest absolute Gasteiger partial charge is 0.392 e. The lowest BCUT2D eigenvalue weighted by Gasteiger charge is -2.26. The van der Waals surface area contributed by atoms with Crippen LogP contribution in [0, 0.1) is 0 Å². The van der Waals surface area contributed by atoms with Gasteiger partial charge in [0.15, 0.2) is 0 Å². The fraction of sp³-hybridized carbons (Fsp3) is 0.800. The molecule has 0 bridgehead atoms. The molecule has 0 atom stereocenters. The Hall–Kier alpha value is -0.500. The van der Waals surface area contributed by atoms with Crippen molar-refractivity contribution in [3.8, 4) is 0 Å². The lowest BCUT2D eigenvalue weighted by molar-refractivity contribution is 0.230. The predicted octanol–water partition coefficient (Wildman–Crippen LogP) is 1.60. The van der Waals surface area contributed by atoms with E-state index in [9.17, 15) is 0 Å². The first-order chi connectivity index (χ1) is 5.83. The molecule has 70 valence electrons. The van der Waals surface area contributed by atoms with Crippen LogP contribution in [-0.2, 0) is 0 Å². The fourth-order valence-corrected chi connectivity index (χ4v) is 1.60. The molecule has 0 aromatic rings. The van der Waals surface area contributed by atoms with Gasteiger partial charge < -0.3 is 10.2 Å². The van der Waals surface area contributed by atoms with Crippen LogP contribution in [-0.4, -0.2) is 31.6 Å². The van der Waals surface area contributed by atoms with Gasteiger partial charge in [0.25, 0.3) is 0 Å². The van der Waals surface area contributed by atoms with Gasteiger partial charge in [0.05, 0.1) is 0 Å². The van der Waals surface area contributed by atoms with Gasteiger partial charge in [-0.2, -0.15) is 0 Å². The van der Waals surface area contributed by atoms with Gasteiger partial charge in [-0.15, -0.1) is 0 Å². The number of nitrogens with zero attached hydrogens (tertiary/aromatic N) is 1. The van der Waals surface area contributed by atoms with Gasteiger partial charge in [0.2, 0.25) is 0 Å².